The molecule has 0 spiro atoms. The van der Waals surface area contributed by atoms with Crippen LogP contribution in [0, 0.1) is 0 Å². The fourth-order valence-corrected chi connectivity index (χ4v) is 3.41. The minimum atomic E-state index is -4.24. The van der Waals surface area contributed by atoms with Crippen LogP contribution in [-0.4, -0.2) is 35.0 Å². The predicted molar refractivity (Wildman–Crippen MR) is 95.9 cm³/mol. The Kier molecular flexibility index (Phi) is 7.13. The number of aromatic nitrogens is 1. The summed E-state index contributed by atoms with van der Waals surface area (Å²) in [6, 6.07) is 10.8. The van der Waals surface area contributed by atoms with E-state index in [1.165, 1.54) is 12.1 Å². The third-order valence-corrected chi connectivity index (χ3v) is 4.71. The maximum atomic E-state index is 12.4. The SMILES string of the molecule is Cl.FC(F)(F)Sc1ccc(CN2CCNCC2c2cccnc2)cc1. The largest absolute Gasteiger partial charge is 0.446 e. The molecule has 3 nitrogen and oxygen atoms in total. The molecule has 1 N–H and O–H groups in total. The van der Waals surface area contributed by atoms with Gasteiger partial charge in [-0.25, -0.2) is 0 Å². The lowest BCUT2D eigenvalue weighted by Crippen LogP contribution is -2.45. The molecule has 1 saturated heterocycles. The first-order chi connectivity index (χ1) is 11.5. The third-order valence-electron chi connectivity index (χ3n) is 3.97. The van der Waals surface area contributed by atoms with Gasteiger partial charge in [0.25, 0.3) is 0 Å². The van der Waals surface area contributed by atoms with Gasteiger partial charge in [-0.1, -0.05) is 18.2 Å². The molecule has 3 rings (SSSR count). The Balaban J connectivity index is 0.00000225. The normalized spacial score (nSPS) is 18.6. The van der Waals surface area contributed by atoms with Crippen LogP contribution in [0.5, 0.6) is 0 Å². The van der Waals surface area contributed by atoms with Gasteiger partial charge >= 0.3 is 5.51 Å². The summed E-state index contributed by atoms with van der Waals surface area (Å²) in [4.78, 5) is 6.73. The summed E-state index contributed by atoms with van der Waals surface area (Å²) < 4.78 is 37.2. The molecule has 1 aromatic carbocycles. The highest BCUT2D eigenvalue weighted by atomic mass is 35.5. The third kappa shape index (κ3) is 5.88. The number of thioether (sulfide) groups is 1. The van der Waals surface area contributed by atoms with Gasteiger partial charge in [0.05, 0.1) is 0 Å². The molecule has 1 aliphatic rings. The second kappa shape index (κ2) is 8.89. The maximum absolute atomic E-state index is 12.4. The molecule has 25 heavy (non-hydrogen) atoms. The Morgan fingerprint density at radius 1 is 1.20 bits per heavy atom. The van der Waals surface area contributed by atoms with Crippen molar-refractivity contribution in [3.05, 3.63) is 59.9 Å². The Bertz CT molecular complexity index is 652. The Labute approximate surface area is 155 Å². The molecule has 2 aromatic rings. The zero-order valence-corrected chi connectivity index (χ0v) is 15.0. The highest BCUT2D eigenvalue weighted by Crippen LogP contribution is 2.36. The van der Waals surface area contributed by atoms with Crippen LogP contribution in [0.4, 0.5) is 13.2 Å². The second-order valence-electron chi connectivity index (χ2n) is 5.67. The molecule has 0 bridgehead atoms. The van der Waals surface area contributed by atoms with Gasteiger partial charge < -0.3 is 5.32 Å². The second-order valence-corrected chi connectivity index (χ2v) is 6.81. The van der Waals surface area contributed by atoms with Crippen molar-refractivity contribution in [1.82, 2.24) is 15.2 Å². The Morgan fingerprint density at radius 2 is 1.96 bits per heavy atom. The molecule has 1 aliphatic heterocycles. The zero-order chi connectivity index (χ0) is 17.0. The van der Waals surface area contributed by atoms with Crippen LogP contribution in [0.3, 0.4) is 0 Å². The molecule has 1 fully saturated rings. The number of halogens is 4. The van der Waals surface area contributed by atoms with Crippen LogP contribution in [0.2, 0.25) is 0 Å². The molecule has 0 aliphatic carbocycles. The minimum absolute atomic E-state index is 0. The number of hydrogen-bond donors (Lipinski definition) is 1. The predicted octanol–water partition coefficient (Wildman–Crippen LogP) is 4.26. The van der Waals surface area contributed by atoms with Gasteiger partial charge in [-0.15, -0.1) is 12.4 Å². The summed E-state index contributed by atoms with van der Waals surface area (Å²) in [6.45, 7) is 3.34. The lowest BCUT2D eigenvalue weighted by atomic mass is 10.0. The van der Waals surface area contributed by atoms with Crippen LogP contribution in [0.25, 0.3) is 0 Å². The highest BCUT2D eigenvalue weighted by Gasteiger charge is 2.29. The van der Waals surface area contributed by atoms with Crippen molar-refractivity contribution in [3.8, 4) is 0 Å². The zero-order valence-electron chi connectivity index (χ0n) is 13.4. The van der Waals surface area contributed by atoms with Crippen LogP contribution in [-0.2, 0) is 6.54 Å². The van der Waals surface area contributed by atoms with Crippen molar-refractivity contribution in [1.29, 1.82) is 0 Å². The van der Waals surface area contributed by atoms with Gasteiger partial charge in [0, 0.05) is 49.5 Å². The molecular weight excluding hydrogens is 371 g/mol. The molecule has 1 unspecified atom stereocenters. The number of alkyl halides is 3. The van der Waals surface area contributed by atoms with Crippen LogP contribution >= 0.6 is 24.2 Å². The molecule has 2 heterocycles. The summed E-state index contributed by atoms with van der Waals surface area (Å²) in [5.74, 6) is 0. The molecule has 136 valence electrons. The fraction of sp³-hybridized carbons (Fsp3) is 0.353. The highest BCUT2D eigenvalue weighted by molar-refractivity contribution is 8.00. The lowest BCUT2D eigenvalue weighted by molar-refractivity contribution is -0.0328. The number of hydrogen-bond acceptors (Lipinski definition) is 4. The van der Waals surface area contributed by atoms with Gasteiger partial charge in [0.15, 0.2) is 0 Å². The Morgan fingerprint density at radius 3 is 2.60 bits per heavy atom. The van der Waals surface area contributed by atoms with E-state index < -0.39 is 5.51 Å². The summed E-state index contributed by atoms with van der Waals surface area (Å²) in [5, 5.41) is 3.39. The van der Waals surface area contributed by atoms with Crippen molar-refractivity contribution in [2.24, 2.45) is 0 Å². The van der Waals surface area contributed by atoms with E-state index in [2.05, 4.69) is 21.3 Å². The van der Waals surface area contributed by atoms with E-state index in [4.69, 9.17) is 0 Å². The minimum Gasteiger partial charge on any atom is -0.314 e. The summed E-state index contributed by atoms with van der Waals surface area (Å²) in [6.07, 6.45) is 3.62. The summed E-state index contributed by atoms with van der Waals surface area (Å²) in [5.41, 5.74) is -2.09. The monoisotopic (exact) mass is 389 g/mol. The number of benzene rings is 1. The van der Waals surface area contributed by atoms with E-state index in [0.29, 0.717) is 6.54 Å². The van der Waals surface area contributed by atoms with E-state index in [9.17, 15) is 13.2 Å². The van der Waals surface area contributed by atoms with E-state index in [1.54, 1.807) is 18.3 Å². The van der Waals surface area contributed by atoms with Gasteiger partial charge in [-0.3, -0.25) is 9.88 Å². The van der Waals surface area contributed by atoms with Crippen LogP contribution in [0.15, 0.2) is 53.7 Å². The smallest absolute Gasteiger partial charge is 0.314 e. The standard InChI is InChI=1S/C17H18F3N3S.ClH/c18-17(19,20)24-15-5-3-13(4-6-15)12-23-9-8-22-11-16(23)14-2-1-7-21-10-14;/h1-7,10,16,22H,8-9,11-12H2;1H. The van der Waals surface area contributed by atoms with Crippen molar-refractivity contribution >= 4 is 24.2 Å². The molecule has 0 radical (unpaired) electrons. The first-order valence-corrected chi connectivity index (χ1v) is 8.52. The van der Waals surface area contributed by atoms with Crippen molar-refractivity contribution in [2.45, 2.75) is 23.0 Å². The van der Waals surface area contributed by atoms with Gasteiger partial charge in [0.2, 0.25) is 0 Å². The summed E-state index contributed by atoms with van der Waals surface area (Å²) >= 11 is -0.0789. The van der Waals surface area contributed by atoms with E-state index in [0.717, 1.165) is 30.8 Å². The van der Waals surface area contributed by atoms with E-state index >= 15 is 0 Å². The maximum Gasteiger partial charge on any atom is 0.446 e. The van der Waals surface area contributed by atoms with Gasteiger partial charge in [-0.05, 0) is 41.1 Å². The lowest BCUT2D eigenvalue weighted by Gasteiger charge is -2.36. The molecule has 0 amide bonds. The topological polar surface area (TPSA) is 28.2 Å². The first kappa shape index (κ1) is 20.0. The molecule has 0 saturated carbocycles. The molecule has 1 atom stereocenters. The molecular formula is C17H19ClF3N3S. The number of nitrogens with one attached hydrogen (secondary N) is 1. The quantitative estimate of drug-likeness (QED) is 0.791. The van der Waals surface area contributed by atoms with Gasteiger partial charge in [-0.2, -0.15) is 13.2 Å². The van der Waals surface area contributed by atoms with E-state index in [1.807, 2.05) is 12.3 Å². The fourth-order valence-electron chi connectivity index (χ4n) is 2.87. The number of pyridine rings is 1. The van der Waals surface area contributed by atoms with Crippen LogP contribution in [0.1, 0.15) is 17.2 Å². The van der Waals surface area contributed by atoms with Crippen LogP contribution < -0.4 is 5.32 Å². The number of rotatable bonds is 4. The average Bonchev–Trinajstić information content (AvgIpc) is 2.57. The van der Waals surface area contributed by atoms with Gasteiger partial charge in [0.1, 0.15) is 0 Å². The van der Waals surface area contributed by atoms with Crippen molar-refractivity contribution in [3.63, 3.8) is 0 Å². The number of nitrogens with zero attached hydrogens (tertiary/aromatic N) is 2. The molecule has 8 heteroatoms. The summed E-state index contributed by atoms with van der Waals surface area (Å²) in [7, 11) is 0. The first-order valence-electron chi connectivity index (χ1n) is 7.71. The number of piperazine rings is 1. The Hall–Kier alpha value is -1.28. The van der Waals surface area contributed by atoms with Crippen molar-refractivity contribution < 1.29 is 13.2 Å². The average molecular weight is 390 g/mol. The molecule has 1 aromatic heterocycles. The van der Waals surface area contributed by atoms with Crippen molar-refractivity contribution in [2.75, 3.05) is 19.6 Å². The van der Waals surface area contributed by atoms with E-state index in [-0.39, 0.29) is 35.1 Å².